The van der Waals surface area contributed by atoms with E-state index in [9.17, 15) is 0 Å². The van der Waals surface area contributed by atoms with Crippen LogP contribution in [0.4, 0.5) is 0 Å². The zero-order valence-electron chi connectivity index (χ0n) is 13.0. The molecule has 0 radical (unpaired) electrons. The largest absolute Gasteiger partial charge is 0.502 e. The van der Waals surface area contributed by atoms with Crippen molar-refractivity contribution >= 4 is 0 Å². The molecular weight excluding hydrogens is 232 g/mol. The topological polar surface area (TPSA) is 9.23 Å². The Bertz CT molecular complexity index is 196. The maximum Gasteiger partial charge on any atom is 0.0873 e. The summed E-state index contributed by atoms with van der Waals surface area (Å²) in [5, 5.41) is 0. The molecule has 0 atom stereocenters. The maximum absolute atomic E-state index is 5.10. The molecule has 0 aliphatic heterocycles. The Morgan fingerprint density at radius 3 is 1.84 bits per heavy atom. The van der Waals surface area contributed by atoms with Crippen LogP contribution in [0.15, 0.2) is 25.0 Å². The lowest BCUT2D eigenvalue weighted by molar-refractivity contribution is 0.241. The van der Waals surface area contributed by atoms with Crippen LogP contribution in [0, 0.1) is 0 Å². The number of unbranched alkanes of at least 4 members (excludes halogenated alkanes) is 10. The summed E-state index contributed by atoms with van der Waals surface area (Å²) in [6.45, 7) is 6.64. The summed E-state index contributed by atoms with van der Waals surface area (Å²) in [6, 6.07) is 0. The fraction of sp³-hybridized carbons (Fsp3) is 0.778. The molecule has 0 bridgehead atoms. The number of ether oxygens (including phenoxy) is 1. The Morgan fingerprint density at radius 2 is 1.26 bits per heavy atom. The molecule has 0 amide bonds. The van der Waals surface area contributed by atoms with Crippen LogP contribution in [0.25, 0.3) is 0 Å². The van der Waals surface area contributed by atoms with Crippen LogP contribution in [-0.2, 0) is 4.74 Å². The molecule has 0 rings (SSSR count). The van der Waals surface area contributed by atoms with Crippen LogP contribution < -0.4 is 0 Å². The van der Waals surface area contributed by atoms with Gasteiger partial charge in [0.1, 0.15) is 0 Å². The van der Waals surface area contributed by atoms with Crippen molar-refractivity contribution in [2.24, 2.45) is 0 Å². The van der Waals surface area contributed by atoms with Gasteiger partial charge in [-0.05, 0) is 32.1 Å². The number of allylic oxidation sites excluding steroid dienone is 2. The fourth-order valence-corrected chi connectivity index (χ4v) is 2.16. The molecule has 0 N–H and O–H groups in total. The van der Waals surface area contributed by atoms with Crippen molar-refractivity contribution in [1.29, 1.82) is 0 Å². The second-order valence-electron chi connectivity index (χ2n) is 5.27. The van der Waals surface area contributed by atoms with Crippen LogP contribution >= 0.6 is 0 Å². The highest BCUT2D eigenvalue weighted by atomic mass is 16.5. The molecule has 0 fully saturated rings. The predicted octanol–water partition coefficient (Wildman–Crippen LogP) is 6.40. The van der Waals surface area contributed by atoms with Crippen LogP contribution in [-0.4, -0.2) is 6.61 Å². The Kier molecular flexibility index (Phi) is 16.6. The van der Waals surface area contributed by atoms with E-state index in [1.807, 2.05) is 0 Å². The summed E-state index contributed by atoms with van der Waals surface area (Å²) in [5.74, 6) is 0. The monoisotopic (exact) mass is 266 g/mol. The Morgan fingerprint density at radius 1 is 0.737 bits per heavy atom. The summed E-state index contributed by atoms with van der Waals surface area (Å²) in [5.41, 5.74) is 0. The molecule has 0 aliphatic carbocycles. The first-order chi connectivity index (χ1) is 9.41. The normalized spacial score (nSPS) is 11.0. The molecule has 0 saturated carbocycles. The minimum Gasteiger partial charge on any atom is -0.502 e. The molecule has 0 saturated heterocycles. The highest BCUT2D eigenvalue weighted by Crippen LogP contribution is 2.08. The van der Waals surface area contributed by atoms with E-state index in [1.54, 1.807) is 0 Å². The lowest BCUT2D eigenvalue weighted by Crippen LogP contribution is -1.87. The standard InChI is InChI=1S/C18H34O/c1-3-5-6-7-8-9-10-11-12-13-14-15-16-17-18-19-4-2/h4,9-10H,2-3,5-8,11-18H2,1H3. The second-order valence-corrected chi connectivity index (χ2v) is 5.27. The minimum absolute atomic E-state index is 0.838. The van der Waals surface area contributed by atoms with Crippen LogP contribution in [0.3, 0.4) is 0 Å². The summed E-state index contributed by atoms with van der Waals surface area (Å²) >= 11 is 0. The molecular formula is C18H34O. The van der Waals surface area contributed by atoms with Crippen molar-refractivity contribution in [3.63, 3.8) is 0 Å². The molecule has 0 unspecified atom stereocenters. The van der Waals surface area contributed by atoms with Gasteiger partial charge >= 0.3 is 0 Å². The van der Waals surface area contributed by atoms with E-state index >= 15 is 0 Å². The third-order valence-electron chi connectivity index (χ3n) is 3.39. The molecule has 0 heterocycles. The Labute approximate surface area is 121 Å². The van der Waals surface area contributed by atoms with E-state index in [2.05, 4.69) is 25.7 Å². The lowest BCUT2D eigenvalue weighted by Gasteiger charge is -2.01. The SMILES string of the molecule is C=COCCCCCCCCC=CCCCCCC. The van der Waals surface area contributed by atoms with Gasteiger partial charge in [-0.15, -0.1) is 0 Å². The van der Waals surface area contributed by atoms with Gasteiger partial charge in [0.2, 0.25) is 0 Å². The zero-order chi connectivity index (χ0) is 14.0. The third-order valence-corrected chi connectivity index (χ3v) is 3.39. The van der Waals surface area contributed by atoms with Crippen molar-refractivity contribution in [2.45, 2.75) is 84.0 Å². The highest BCUT2D eigenvalue weighted by molar-refractivity contribution is 4.81. The van der Waals surface area contributed by atoms with Gasteiger partial charge in [0.05, 0.1) is 12.9 Å². The van der Waals surface area contributed by atoms with Crippen molar-refractivity contribution in [2.75, 3.05) is 6.61 Å². The zero-order valence-corrected chi connectivity index (χ0v) is 13.0. The van der Waals surface area contributed by atoms with E-state index in [4.69, 9.17) is 4.74 Å². The molecule has 1 nitrogen and oxygen atoms in total. The number of rotatable bonds is 15. The van der Waals surface area contributed by atoms with Crippen LogP contribution in [0.1, 0.15) is 84.0 Å². The van der Waals surface area contributed by atoms with Gasteiger partial charge in [0.25, 0.3) is 0 Å². The molecule has 1 heteroatoms. The van der Waals surface area contributed by atoms with Gasteiger partial charge in [0, 0.05) is 0 Å². The maximum atomic E-state index is 5.10. The summed E-state index contributed by atoms with van der Waals surface area (Å²) in [4.78, 5) is 0. The number of hydrogen-bond acceptors (Lipinski definition) is 1. The van der Waals surface area contributed by atoms with E-state index in [0.717, 1.165) is 6.61 Å². The van der Waals surface area contributed by atoms with Gasteiger partial charge in [-0.2, -0.15) is 0 Å². The van der Waals surface area contributed by atoms with Gasteiger partial charge in [-0.25, -0.2) is 0 Å². The van der Waals surface area contributed by atoms with E-state index in [0.29, 0.717) is 0 Å². The smallest absolute Gasteiger partial charge is 0.0873 e. The van der Waals surface area contributed by atoms with Crippen molar-refractivity contribution < 1.29 is 4.74 Å². The molecule has 0 aliphatic rings. The number of hydrogen-bond donors (Lipinski definition) is 0. The molecule has 19 heavy (non-hydrogen) atoms. The first kappa shape index (κ1) is 18.3. The molecule has 0 aromatic heterocycles. The van der Waals surface area contributed by atoms with E-state index in [-0.39, 0.29) is 0 Å². The Balaban J connectivity index is 3.01. The first-order valence-corrected chi connectivity index (χ1v) is 8.29. The van der Waals surface area contributed by atoms with E-state index < -0.39 is 0 Å². The second kappa shape index (κ2) is 17.3. The average Bonchev–Trinajstić information content (AvgIpc) is 2.43. The summed E-state index contributed by atoms with van der Waals surface area (Å²) in [6.07, 6.45) is 22.3. The average molecular weight is 266 g/mol. The third kappa shape index (κ3) is 17.3. The van der Waals surface area contributed by atoms with Crippen molar-refractivity contribution in [3.8, 4) is 0 Å². The van der Waals surface area contributed by atoms with Gasteiger partial charge in [-0.1, -0.05) is 70.6 Å². The minimum atomic E-state index is 0.838. The quantitative estimate of drug-likeness (QED) is 0.189. The van der Waals surface area contributed by atoms with Crippen LogP contribution in [0.2, 0.25) is 0 Å². The highest BCUT2D eigenvalue weighted by Gasteiger charge is 1.91. The summed E-state index contributed by atoms with van der Waals surface area (Å²) < 4.78 is 5.10. The lowest BCUT2D eigenvalue weighted by atomic mass is 10.1. The van der Waals surface area contributed by atoms with E-state index in [1.165, 1.54) is 83.3 Å². The van der Waals surface area contributed by atoms with Crippen LogP contribution in [0.5, 0.6) is 0 Å². The molecule has 0 spiro atoms. The van der Waals surface area contributed by atoms with Gasteiger partial charge < -0.3 is 4.74 Å². The van der Waals surface area contributed by atoms with Gasteiger partial charge in [0.15, 0.2) is 0 Å². The predicted molar refractivity (Wildman–Crippen MR) is 86.4 cm³/mol. The fourth-order valence-electron chi connectivity index (χ4n) is 2.16. The molecule has 0 aromatic rings. The molecule has 0 aromatic carbocycles. The Hall–Kier alpha value is -0.720. The van der Waals surface area contributed by atoms with Crippen molar-refractivity contribution in [1.82, 2.24) is 0 Å². The van der Waals surface area contributed by atoms with Crippen molar-refractivity contribution in [3.05, 3.63) is 25.0 Å². The molecule has 112 valence electrons. The first-order valence-electron chi connectivity index (χ1n) is 8.29. The summed E-state index contributed by atoms with van der Waals surface area (Å²) in [7, 11) is 0. The van der Waals surface area contributed by atoms with Gasteiger partial charge in [-0.3, -0.25) is 0 Å².